The molecule has 0 fully saturated rings. The van der Waals surface area contributed by atoms with Gasteiger partial charge in [-0.3, -0.25) is 0 Å². The number of carbonyl (C=O) groups is 1. The third-order valence-electron chi connectivity index (χ3n) is 1.60. The molecule has 1 aromatic carbocycles. The summed E-state index contributed by atoms with van der Waals surface area (Å²) in [7, 11) is 0. The molecular weight excluding hydrogens is 227 g/mol. The van der Waals surface area contributed by atoms with Crippen molar-refractivity contribution in [3.05, 3.63) is 61.2 Å². The number of benzene rings is 1. The molecule has 0 aliphatic carbocycles. The van der Waals surface area contributed by atoms with E-state index >= 15 is 0 Å². The number of rotatable bonds is 3. The Balaban J connectivity index is 0. The predicted octanol–water partition coefficient (Wildman–Crippen LogP) is -1.10. The zero-order valence-electron chi connectivity index (χ0n) is 9.48. The molecule has 3 heteroatoms. The zero-order chi connectivity index (χ0) is 11.7. The van der Waals surface area contributed by atoms with Gasteiger partial charge in [0.2, 0.25) is 0 Å². The minimum absolute atomic E-state index is 0. The van der Waals surface area contributed by atoms with Gasteiger partial charge in [0.15, 0.2) is 0 Å². The molecule has 2 nitrogen and oxygen atoms in total. The van der Waals surface area contributed by atoms with Crippen LogP contribution in [0.2, 0.25) is 0 Å². The van der Waals surface area contributed by atoms with Crippen LogP contribution in [0.15, 0.2) is 50.1 Å². The van der Waals surface area contributed by atoms with E-state index in [1.807, 2.05) is 36.4 Å². The number of hydrogen-bond donors (Lipinski definition) is 0. The molecule has 0 N–H and O–H groups in total. The normalized spacial score (nSPS) is 7.50. The predicted molar refractivity (Wildman–Crippen MR) is 61.8 cm³/mol. The van der Waals surface area contributed by atoms with Crippen LogP contribution in [-0.4, -0.2) is 5.97 Å². The number of carboxylic acid groups (broad SMARTS) is 1. The smallest absolute Gasteiger partial charge is 0.545 e. The summed E-state index contributed by atoms with van der Waals surface area (Å²) in [4.78, 5) is 9.14. The Morgan fingerprint density at radius 3 is 1.56 bits per heavy atom. The SMILES string of the molecule is C=CC(=O)[O-].C=Cc1ccccc1C=C.[K+]. The van der Waals surface area contributed by atoms with Crippen LogP contribution in [0.4, 0.5) is 0 Å². The van der Waals surface area contributed by atoms with Gasteiger partial charge in [0.25, 0.3) is 0 Å². The Labute approximate surface area is 139 Å². The standard InChI is InChI=1S/C10H10.C3H4O2.K/c1-3-9-7-5-6-8-10(9)4-2;1-2-3(4)5;/h3-8H,1-2H2;2H,1H2,(H,4,5);/q;;+1/p-1. The van der Waals surface area contributed by atoms with Crippen LogP contribution < -0.4 is 56.5 Å². The molecule has 16 heavy (non-hydrogen) atoms. The maximum absolute atomic E-state index is 9.14. The van der Waals surface area contributed by atoms with Gasteiger partial charge in [0, 0.05) is 0 Å². The van der Waals surface area contributed by atoms with Crippen LogP contribution in [0.3, 0.4) is 0 Å². The average Bonchev–Trinajstić information content (AvgIpc) is 2.29. The van der Waals surface area contributed by atoms with Gasteiger partial charge >= 0.3 is 51.4 Å². The fraction of sp³-hybridized carbons (Fsp3) is 0. The van der Waals surface area contributed by atoms with E-state index in [0.29, 0.717) is 0 Å². The van der Waals surface area contributed by atoms with Crippen molar-refractivity contribution in [3.8, 4) is 0 Å². The van der Waals surface area contributed by atoms with Crippen molar-refractivity contribution in [2.75, 3.05) is 0 Å². The van der Waals surface area contributed by atoms with E-state index in [0.717, 1.165) is 17.2 Å². The Kier molecular flexibility index (Phi) is 12.4. The minimum Gasteiger partial charge on any atom is -0.545 e. The second-order valence-electron chi connectivity index (χ2n) is 2.56. The number of carboxylic acids is 1. The fourth-order valence-corrected chi connectivity index (χ4v) is 0.883. The van der Waals surface area contributed by atoms with E-state index in [-0.39, 0.29) is 51.4 Å². The zero-order valence-corrected chi connectivity index (χ0v) is 12.6. The van der Waals surface area contributed by atoms with Crippen molar-refractivity contribution in [1.82, 2.24) is 0 Å². The van der Waals surface area contributed by atoms with Crippen molar-refractivity contribution in [1.29, 1.82) is 0 Å². The minimum atomic E-state index is -1.23. The third kappa shape index (κ3) is 7.79. The van der Waals surface area contributed by atoms with Gasteiger partial charge in [-0.05, 0) is 17.2 Å². The quantitative estimate of drug-likeness (QED) is 0.497. The van der Waals surface area contributed by atoms with Crippen molar-refractivity contribution >= 4 is 18.1 Å². The van der Waals surface area contributed by atoms with E-state index < -0.39 is 5.97 Å². The summed E-state index contributed by atoms with van der Waals surface area (Å²) >= 11 is 0. The molecule has 0 aliphatic heterocycles. The van der Waals surface area contributed by atoms with Gasteiger partial charge in [-0.25, -0.2) is 0 Å². The molecule has 0 aliphatic rings. The number of hydrogen-bond acceptors (Lipinski definition) is 2. The first-order chi connectivity index (χ1) is 7.15. The largest absolute Gasteiger partial charge is 1.00 e. The molecule has 0 spiro atoms. The van der Waals surface area contributed by atoms with Gasteiger partial charge in [-0.2, -0.15) is 0 Å². The van der Waals surface area contributed by atoms with E-state index in [1.165, 1.54) is 0 Å². The second-order valence-corrected chi connectivity index (χ2v) is 2.56. The molecule has 1 aromatic rings. The van der Waals surface area contributed by atoms with Gasteiger partial charge in [-0.15, -0.1) is 0 Å². The molecule has 0 saturated heterocycles. The van der Waals surface area contributed by atoms with Crippen LogP contribution in [0.1, 0.15) is 11.1 Å². The summed E-state index contributed by atoms with van der Waals surface area (Å²) < 4.78 is 0. The van der Waals surface area contributed by atoms with E-state index in [1.54, 1.807) is 0 Å². The Morgan fingerprint density at radius 1 is 1.06 bits per heavy atom. The van der Waals surface area contributed by atoms with Gasteiger partial charge in [0.05, 0.1) is 5.97 Å². The average molecular weight is 240 g/mol. The molecule has 0 atom stereocenters. The topological polar surface area (TPSA) is 40.1 Å². The van der Waals surface area contributed by atoms with Crippen molar-refractivity contribution < 1.29 is 61.3 Å². The van der Waals surface area contributed by atoms with Crippen molar-refractivity contribution in [3.63, 3.8) is 0 Å². The summed E-state index contributed by atoms with van der Waals surface area (Å²) in [5, 5.41) is 9.14. The van der Waals surface area contributed by atoms with Crippen molar-refractivity contribution in [2.24, 2.45) is 0 Å². The van der Waals surface area contributed by atoms with E-state index in [4.69, 9.17) is 9.90 Å². The molecule has 0 unspecified atom stereocenters. The first-order valence-electron chi connectivity index (χ1n) is 4.33. The summed E-state index contributed by atoms with van der Waals surface area (Å²) in [5.41, 5.74) is 2.27. The summed E-state index contributed by atoms with van der Waals surface area (Å²) in [5.74, 6) is -1.23. The van der Waals surface area contributed by atoms with Crippen LogP contribution in [-0.2, 0) is 4.79 Å². The van der Waals surface area contributed by atoms with Crippen LogP contribution in [0, 0.1) is 0 Å². The summed E-state index contributed by atoms with van der Waals surface area (Å²) in [6, 6.07) is 8.02. The monoisotopic (exact) mass is 240 g/mol. The van der Waals surface area contributed by atoms with E-state index in [9.17, 15) is 0 Å². The fourth-order valence-electron chi connectivity index (χ4n) is 0.883. The number of aliphatic carboxylic acids is 1. The first kappa shape index (κ1) is 17.9. The molecule has 0 bridgehead atoms. The second kappa shape index (κ2) is 11.0. The van der Waals surface area contributed by atoms with Gasteiger partial charge in [-0.1, -0.05) is 56.2 Å². The number of carbonyl (C=O) groups excluding carboxylic acids is 1. The maximum Gasteiger partial charge on any atom is 1.00 e. The summed E-state index contributed by atoms with van der Waals surface area (Å²) in [6.45, 7) is 10.3. The van der Waals surface area contributed by atoms with Crippen LogP contribution in [0.5, 0.6) is 0 Å². The molecule has 0 aromatic heterocycles. The van der Waals surface area contributed by atoms with Gasteiger partial charge < -0.3 is 9.90 Å². The first-order valence-corrected chi connectivity index (χ1v) is 4.33. The van der Waals surface area contributed by atoms with Crippen LogP contribution in [0.25, 0.3) is 12.2 Å². The van der Waals surface area contributed by atoms with Crippen molar-refractivity contribution in [2.45, 2.75) is 0 Å². The third-order valence-corrected chi connectivity index (χ3v) is 1.60. The molecule has 0 heterocycles. The van der Waals surface area contributed by atoms with Gasteiger partial charge in [0.1, 0.15) is 0 Å². The molecule has 78 valence electrons. The molecular formula is C13H13KO2. The Morgan fingerprint density at radius 2 is 1.38 bits per heavy atom. The molecule has 0 amide bonds. The molecule has 1 rings (SSSR count). The molecule has 0 saturated carbocycles. The van der Waals surface area contributed by atoms with Crippen LogP contribution >= 0.6 is 0 Å². The summed E-state index contributed by atoms with van der Waals surface area (Å²) in [6.07, 6.45) is 4.38. The van der Waals surface area contributed by atoms with E-state index in [2.05, 4.69) is 19.7 Å². The maximum atomic E-state index is 9.14. The Hall–Kier alpha value is -0.454. The Bertz CT molecular complexity index is 343. The molecule has 0 radical (unpaired) electrons.